The Morgan fingerprint density at radius 2 is 1.92 bits per heavy atom. The lowest BCUT2D eigenvalue weighted by Gasteiger charge is -2.32. The van der Waals surface area contributed by atoms with Crippen LogP contribution in [0.2, 0.25) is 0 Å². The Labute approximate surface area is 225 Å². The van der Waals surface area contributed by atoms with E-state index in [9.17, 15) is 9.59 Å². The van der Waals surface area contributed by atoms with E-state index in [4.69, 9.17) is 4.52 Å². The number of carbonyl (C=O) groups is 2. The van der Waals surface area contributed by atoms with Gasteiger partial charge in [-0.2, -0.15) is 0 Å². The number of halogens is 1. The predicted octanol–water partition coefficient (Wildman–Crippen LogP) is 5.20. The van der Waals surface area contributed by atoms with Crippen molar-refractivity contribution in [3.8, 4) is 11.1 Å². The van der Waals surface area contributed by atoms with Gasteiger partial charge >= 0.3 is 0 Å². The summed E-state index contributed by atoms with van der Waals surface area (Å²) in [6.45, 7) is 5.35. The van der Waals surface area contributed by atoms with Crippen LogP contribution in [0.3, 0.4) is 0 Å². The van der Waals surface area contributed by atoms with Crippen molar-refractivity contribution in [2.75, 3.05) is 13.1 Å². The van der Waals surface area contributed by atoms with Gasteiger partial charge in [-0.15, -0.1) is 0 Å². The number of aryl methyl sites for hydroxylation is 1. The van der Waals surface area contributed by atoms with Crippen molar-refractivity contribution in [3.63, 3.8) is 0 Å². The predicted molar refractivity (Wildman–Crippen MR) is 142 cm³/mol. The molecule has 1 aromatic carbocycles. The Morgan fingerprint density at radius 3 is 2.62 bits per heavy atom. The molecule has 39 heavy (non-hydrogen) atoms. The van der Waals surface area contributed by atoms with Crippen molar-refractivity contribution in [1.82, 2.24) is 30.3 Å². The zero-order chi connectivity index (χ0) is 27.1. The van der Waals surface area contributed by atoms with E-state index in [0.29, 0.717) is 52.7 Å². The first kappa shape index (κ1) is 25.2. The van der Waals surface area contributed by atoms with Crippen molar-refractivity contribution >= 4 is 22.8 Å². The molecule has 1 atom stereocenters. The molecule has 4 aromatic rings. The molecule has 3 aromatic heterocycles. The first-order valence-electron chi connectivity index (χ1n) is 13.5. The van der Waals surface area contributed by atoms with Crippen LogP contribution in [-0.4, -0.2) is 49.9 Å². The third kappa shape index (κ3) is 4.68. The number of imidazole rings is 1. The minimum atomic E-state index is -0.530. The van der Waals surface area contributed by atoms with E-state index in [0.717, 1.165) is 32.1 Å². The number of aromatic amines is 1. The third-order valence-corrected chi connectivity index (χ3v) is 8.20. The van der Waals surface area contributed by atoms with Gasteiger partial charge in [0.25, 0.3) is 11.8 Å². The Morgan fingerprint density at radius 1 is 1.13 bits per heavy atom. The maximum Gasteiger partial charge on any atom is 0.257 e. The van der Waals surface area contributed by atoms with E-state index in [1.54, 1.807) is 36.2 Å². The van der Waals surface area contributed by atoms with E-state index in [2.05, 4.69) is 32.3 Å². The maximum atomic E-state index is 16.1. The standard InChI is InChI=1S/C29H31FN6O3/c1-16-4-6-18(7-5-16)25(34-28(37)22-15-39-35-17(22)2)27-32-23-9-8-19(24(30)26(23)33-27)21-14-31-11-10-20(21)29(38)36-12-3-13-36/h8-11,14-16,18,25H,3-7,12-13H2,1-2H3,(H,32,33)(H,34,37)/t16-,18-,25-/m0/s1. The molecule has 6 rings (SSSR count). The fraction of sp³-hybridized carbons (Fsp3) is 0.414. The van der Waals surface area contributed by atoms with Gasteiger partial charge in [-0.25, -0.2) is 9.37 Å². The van der Waals surface area contributed by atoms with Gasteiger partial charge < -0.3 is 19.7 Å². The van der Waals surface area contributed by atoms with E-state index >= 15 is 4.39 Å². The zero-order valence-corrected chi connectivity index (χ0v) is 22.0. The number of pyridine rings is 1. The summed E-state index contributed by atoms with van der Waals surface area (Å²) in [6, 6.07) is 4.62. The summed E-state index contributed by atoms with van der Waals surface area (Å²) >= 11 is 0. The molecule has 2 amide bonds. The normalized spacial score (nSPS) is 20.0. The molecule has 9 nitrogen and oxygen atoms in total. The van der Waals surface area contributed by atoms with E-state index in [1.807, 2.05) is 0 Å². The topological polar surface area (TPSA) is 117 Å². The number of nitrogens with zero attached hydrogens (tertiary/aromatic N) is 4. The number of carbonyl (C=O) groups excluding carboxylic acids is 2. The second-order valence-electron chi connectivity index (χ2n) is 10.8. The highest BCUT2D eigenvalue weighted by Crippen LogP contribution is 2.38. The van der Waals surface area contributed by atoms with Crippen molar-refractivity contribution in [2.45, 2.75) is 52.0 Å². The lowest BCUT2D eigenvalue weighted by Crippen LogP contribution is -2.42. The molecule has 10 heteroatoms. The first-order chi connectivity index (χ1) is 18.9. The molecule has 1 aliphatic heterocycles. The average molecular weight is 531 g/mol. The van der Waals surface area contributed by atoms with Gasteiger partial charge in [0.05, 0.1) is 22.8 Å². The molecule has 0 radical (unpaired) electrons. The monoisotopic (exact) mass is 530 g/mol. The smallest absolute Gasteiger partial charge is 0.257 e. The lowest BCUT2D eigenvalue weighted by molar-refractivity contribution is 0.0652. The van der Waals surface area contributed by atoms with E-state index in [-0.39, 0.29) is 28.8 Å². The van der Waals surface area contributed by atoms with Crippen LogP contribution in [0.1, 0.15) is 77.3 Å². The summed E-state index contributed by atoms with van der Waals surface area (Å²) in [5.41, 5.74) is 2.68. The zero-order valence-electron chi connectivity index (χ0n) is 22.0. The number of hydrogen-bond acceptors (Lipinski definition) is 6. The lowest BCUT2D eigenvalue weighted by atomic mass is 9.79. The van der Waals surface area contributed by atoms with Gasteiger partial charge in [-0.05, 0) is 56.2 Å². The highest BCUT2D eigenvalue weighted by atomic mass is 19.1. The number of nitrogens with one attached hydrogen (secondary N) is 2. The van der Waals surface area contributed by atoms with Crippen LogP contribution >= 0.6 is 0 Å². The van der Waals surface area contributed by atoms with Crippen molar-refractivity contribution in [2.24, 2.45) is 11.8 Å². The van der Waals surface area contributed by atoms with Crippen LogP contribution in [0.4, 0.5) is 4.39 Å². The number of rotatable bonds is 6. The molecule has 1 aliphatic carbocycles. The molecule has 2 fully saturated rings. The molecule has 4 heterocycles. The molecule has 2 aliphatic rings. The summed E-state index contributed by atoms with van der Waals surface area (Å²) < 4.78 is 21.0. The molecule has 1 saturated carbocycles. The number of H-pyrrole nitrogens is 1. The Hall–Kier alpha value is -4.08. The van der Waals surface area contributed by atoms with Gasteiger partial charge in [-0.1, -0.05) is 24.9 Å². The van der Waals surface area contributed by atoms with Crippen molar-refractivity contribution in [3.05, 3.63) is 65.3 Å². The second kappa shape index (κ2) is 10.2. The number of amides is 2. The second-order valence-corrected chi connectivity index (χ2v) is 10.8. The van der Waals surface area contributed by atoms with Crippen LogP contribution < -0.4 is 5.32 Å². The van der Waals surface area contributed by atoms with Gasteiger partial charge in [-0.3, -0.25) is 14.6 Å². The van der Waals surface area contributed by atoms with Gasteiger partial charge in [0.1, 0.15) is 23.2 Å². The number of fused-ring (bicyclic) bond motifs is 1. The van der Waals surface area contributed by atoms with Gasteiger partial charge in [0.15, 0.2) is 5.82 Å². The first-order valence-corrected chi connectivity index (χ1v) is 13.5. The number of benzene rings is 1. The van der Waals surface area contributed by atoms with Crippen LogP contribution in [-0.2, 0) is 0 Å². The summed E-state index contributed by atoms with van der Waals surface area (Å²) in [7, 11) is 0. The molecular formula is C29H31FN6O3. The number of likely N-dealkylation sites (tertiary alicyclic amines) is 1. The number of aromatic nitrogens is 4. The minimum Gasteiger partial charge on any atom is -0.364 e. The third-order valence-electron chi connectivity index (χ3n) is 8.20. The van der Waals surface area contributed by atoms with Gasteiger partial charge in [0, 0.05) is 36.6 Å². The van der Waals surface area contributed by atoms with Gasteiger partial charge in [0.2, 0.25) is 0 Å². The molecule has 2 N–H and O–H groups in total. The summed E-state index contributed by atoms with van der Waals surface area (Å²) in [5.74, 6) is 0.320. The highest BCUT2D eigenvalue weighted by Gasteiger charge is 2.32. The summed E-state index contributed by atoms with van der Waals surface area (Å²) in [4.78, 5) is 40.0. The SMILES string of the molecule is Cc1nocc1C(=O)N[C@H](c1nc2c(F)c(-c3cnccc3C(=O)N3CCC3)ccc2[nH]1)[C@H]1CC[C@H](C)CC1. The molecule has 0 spiro atoms. The fourth-order valence-corrected chi connectivity index (χ4v) is 5.66. The Bertz CT molecular complexity index is 1530. The van der Waals surface area contributed by atoms with Crippen molar-refractivity contribution < 1.29 is 18.5 Å². The fourth-order valence-electron chi connectivity index (χ4n) is 5.66. The Kier molecular flexibility index (Phi) is 6.62. The molecule has 0 bridgehead atoms. The minimum absolute atomic E-state index is 0.126. The number of hydrogen-bond donors (Lipinski definition) is 2. The molecule has 0 unspecified atom stereocenters. The van der Waals surface area contributed by atoms with Crippen LogP contribution in [0.15, 0.2) is 41.4 Å². The quantitative estimate of drug-likeness (QED) is 0.354. The summed E-state index contributed by atoms with van der Waals surface area (Å²) in [5, 5.41) is 6.95. The van der Waals surface area contributed by atoms with Crippen LogP contribution in [0.25, 0.3) is 22.2 Å². The van der Waals surface area contributed by atoms with Crippen LogP contribution in [0, 0.1) is 24.6 Å². The molecular weight excluding hydrogens is 499 g/mol. The largest absolute Gasteiger partial charge is 0.364 e. The highest BCUT2D eigenvalue weighted by molar-refractivity contribution is 6.02. The summed E-state index contributed by atoms with van der Waals surface area (Å²) in [6.07, 6.45) is 9.34. The van der Waals surface area contributed by atoms with Crippen molar-refractivity contribution in [1.29, 1.82) is 0 Å². The average Bonchev–Trinajstić information content (AvgIpc) is 3.54. The maximum absolute atomic E-state index is 16.1. The molecule has 202 valence electrons. The van der Waals surface area contributed by atoms with Crippen LogP contribution in [0.5, 0.6) is 0 Å². The molecule has 1 saturated heterocycles. The Balaban J connectivity index is 1.37. The van der Waals surface area contributed by atoms with E-state index in [1.165, 1.54) is 12.5 Å². The van der Waals surface area contributed by atoms with E-state index < -0.39 is 11.9 Å².